The van der Waals surface area contributed by atoms with E-state index in [2.05, 4.69) is 21.2 Å². The quantitative estimate of drug-likeness (QED) is 0.164. The normalized spacial score (nSPS) is 10.9. The standard InChI is InChI=1S/C30H22BrClN2O3/c31-27-17-22(10-15-29(27)37-19-21-6-2-1-3-7-21)16-24(18-33)30(35)34-25-11-13-26(14-12-25)36-20-23-8-4-5-9-28(23)32/h1-17H,19-20H2,(H,34,35)/b24-16+. The summed E-state index contributed by atoms with van der Waals surface area (Å²) in [5.74, 6) is 0.793. The summed E-state index contributed by atoms with van der Waals surface area (Å²) in [7, 11) is 0. The second kappa shape index (κ2) is 12.8. The van der Waals surface area contributed by atoms with Crippen LogP contribution in [0.15, 0.2) is 107 Å². The average molecular weight is 574 g/mol. The molecule has 7 heteroatoms. The first-order valence-electron chi connectivity index (χ1n) is 11.4. The Balaban J connectivity index is 1.36. The van der Waals surface area contributed by atoms with Gasteiger partial charge in [-0.2, -0.15) is 5.26 Å². The zero-order valence-electron chi connectivity index (χ0n) is 19.7. The van der Waals surface area contributed by atoms with Gasteiger partial charge in [0.05, 0.1) is 4.47 Å². The van der Waals surface area contributed by atoms with Crippen molar-refractivity contribution in [3.63, 3.8) is 0 Å². The number of benzene rings is 4. The predicted molar refractivity (Wildman–Crippen MR) is 149 cm³/mol. The van der Waals surface area contributed by atoms with E-state index in [-0.39, 0.29) is 5.57 Å². The molecule has 0 atom stereocenters. The van der Waals surface area contributed by atoms with E-state index in [4.69, 9.17) is 21.1 Å². The molecule has 0 aliphatic rings. The van der Waals surface area contributed by atoms with Gasteiger partial charge < -0.3 is 14.8 Å². The Bertz CT molecular complexity index is 1450. The van der Waals surface area contributed by atoms with E-state index in [9.17, 15) is 10.1 Å². The number of rotatable bonds is 9. The van der Waals surface area contributed by atoms with Gasteiger partial charge in [0, 0.05) is 16.3 Å². The highest BCUT2D eigenvalue weighted by molar-refractivity contribution is 9.10. The van der Waals surface area contributed by atoms with Crippen molar-refractivity contribution >= 4 is 45.2 Å². The summed E-state index contributed by atoms with van der Waals surface area (Å²) in [6, 6.07) is 31.6. The Hall–Kier alpha value is -4.05. The van der Waals surface area contributed by atoms with Crippen molar-refractivity contribution in [2.45, 2.75) is 13.2 Å². The SMILES string of the molecule is N#C/C(=C\c1ccc(OCc2ccccc2)c(Br)c1)C(=O)Nc1ccc(OCc2ccccc2Cl)cc1. The Kier molecular flexibility index (Phi) is 8.98. The molecule has 0 saturated heterocycles. The number of ether oxygens (including phenoxy) is 2. The van der Waals surface area contributed by atoms with E-state index in [1.54, 1.807) is 42.5 Å². The Labute approximate surface area is 229 Å². The molecule has 0 saturated carbocycles. The highest BCUT2D eigenvalue weighted by Crippen LogP contribution is 2.28. The highest BCUT2D eigenvalue weighted by atomic mass is 79.9. The second-order valence-electron chi connectivity index (χ2n) is 7.99. The molecule has 0 heterocycles. The van der Waals surface area contributed by atoms with Crippen LogP contribution in [0, 0.1) is 11.3 Å². The molecule has 1 amide bonds. The average Bonchev–Trinajstić information content (AvgIpc) is 2.92. The maximum atomic E-state index is 12.7. The summed E-state index contributed by atoms with van der Waals surface area (Å²) in [5, 5.41) is 13.0. The van der Waals surface area contributed by atoms with E-state index in [0.717, 1.165) is 15.6 Å². The molecule has 5 nitrogen and oxygen atoms in total. The largest absolute Gasteiger partial charge is 0.489 e. The Morgan fingerprint density at radius 2 is 1.65 bits per heavy atom. The van der Waals surface area contributed by atoms with Crippen molar-refractivity contribution in [2.75, 3.05) is 5.32 Å². The van der Waals surface area contributed by atoms with E-state index in [1.807, 2.05) is 60.7 Å². The minimum atomic E-state index is -0.507. The summed E-state index contributed by atoms with van der Waals surface area (Å²) < 4.78 is 12.4. The van der Waals surface area contributed by atoms with Crippen molar-refractivity contribution < 1.29 is 14.3 Å². The first-order chi connectivity index (χ1) is 18.0. The van der Waals surface area contributed by atoms with Gasteiger partial charge >= 0.3 is 0 Å². The minimum Gasteiger partial charge on any atom is -0.489 e. The summed E-state index contributed by atoms with van der Waals surface area (Å²) in [6.45, 7) is 0.767. The van der Waals surface area contributed by atoms with Crippen LogP contribution in [-0.2, 0) is 18.0 Å². The van der Waals surface area contributed by atoms with Crippen LogP contribution >= 0.6 is 27.5 Å². The molecule has 0 radical (unpaired) electrons. The molecule has 184 valence electrons. The second-order valence-corrected chi connectivity index (χ2v) is 9.25. The van der Waals surface area contributed by atoms with Gasteiger partial charge in [-0.05, 0) is 75.6 Å². The van der Waals surface area contributed by atoms with Crippen LogP contribution < -0.4 is 14.8 Å². The molecule has 4 rings (SSSR count). The van der Waals surface area contributed by atoms with Gasteiger partial charge in [0.2, 0.25) is 0 Å². The van der Waals surface area contributed by atoms with Crippen LogP contribution in [0.1, 0.15) is 16.7 Å². The number of nitrogens with one attached hydrogen (secondary N) is 1. The van der Waals surface area contributed by atoms with Crippen molar-refractivity contribution in [3.05, 3.63) is 129 Å². The van der Waals surface area contributed by atoms with Crippen LogP contribution in [-0.4, -0.2) is 5.91 Å². The zero-order valence-corrected chi connectivity index (χ0v) is 22.0. The van der Waals surface area contributed by atoms with Crippen molar-refractivity contribution in [3.8, 4) is 17.6 Å². The predicted octanol–water partition coefficient (Wildman–Crippen LogP) is 7.81. The van der Waals surface area contributed by atoms with Gasteiger partial charge in [-0.15, -0.1) is 0 Å². The van der Waals surface area contributed by atoms with Crippen LogP contribution in [0.2, 0.25) is 5.02 Å². The minimum absolute atomic E-state index is 0.0242. The summed E-state index contributed by atoms with van der Waals surface area (Å²) in [6.07, 6.45) is 1.53. The lowest BCUT2D eigenvalue weighted by atomic mass is 10.1. The summed E-state index contributed by atoms with van der Waals surface area (Å²) in [5.41, 5.74) is 3.15. The lowest BCUT2D eigenvalue weighted by Gasteiger charge is -2.10. The van der Waals surface area contributed by atoms with Crippen LogP contribution in [0.3, 0.4) is 0 Å². The molecule has 0 fully saturated rings. The molecule has 0 aliphatic carbocycles. The van der Waals surface area contributed by atoms with Crippen LogP contribution in [0.25, 0.3) is 6.08 Å². The van der Waals surface area contributed by atoms with Crippen molar-refractivity contribution in [1.29, 1.82) is 5.26 Å². The molecule has 0 bridgehead atoms. The smallest absolute Gasteiger partial charge is 0.266 e. The highest BCUT2D eigenvalue weighted by Gasteiger charge is 2.11. The topological polar surface area (TPSA) is 71.3 Å². The number of anilines is 1. The van der Waals surface area contributed by atoms with Crippen molar-refractivity contribution in [2.24, 2.45) is 0 Å². The Morgan fingerprint density at radius 3 is 2.35 bits per heavy atom. The summed E-state index contributed by atoms with van der Waals surface area (Å²) >= 11 is 9.66. The molecular weight excluding hydrogens is 552 g/mol. The number of nitrogens with zero attached hydrogens (tertiary/aromatic N) is 1. The molecule has 0 aromatic heterocycles. The maximum absolute atomic E-state index is 12.7. The van der Waals surface area contributed by atoms with Gasteiger partial charge in [-0.25, -0.2) is 0 Å². The first kappa shape index (κ1) is 26.0. The maximum Gasteiger partial charge on any atom is 0.266 e. The number of halogens is 2. The fourth-order valence-corrected chi connectivity index (χ4v) is 4.09. The third-order valence-corrected chi connectivity index (χ3v) is 6.32. The van der Waals surface area contributed by atoms with Crippen LogP contribution in [0.4, 0.5) is 5.69 Å². The summed E-state index contributed by atoms with van der Waals surface area (Å²) in [4.78, 5) is 12.7. The van der Waals surface area contributed by atoms with Gasteiger partial charge in [0.15, 0.2) is 0 Å². The zero-order chi connectivity index (χ0) is 26.0. The third-order valence-electron chi connectivity index (χ3n) is 5.33. The third kappa shape index (κ3) is 7.47. The van der Waals surface area contributed by atoms with Gasteiger partial charge in [0.25, 0.3) is 5.91 Å². The van der Waals surface area contributed by atoms with Gasteiger partial charge in [-0.3, -0.25) is 4.79 Å². The first-order valence-corrected chi connectivity index (χ1v) is 12.5. The lowest BCUT2D eigenvalue weighted by molar-refractivity contribution is -0.112. The fourth-order valence-electron chi connectivity index (χ4n) is 3.38. The molecule has 4 aromatic rings. The monoisotopic (exact) mass is 572 g/mol. The molecule has 37 heavy (non-hydrogen) atoms. The molecule has 1 N–H and O–H groups in total. The van der Waals surface area contributed by atoms with E-state index >= 15 is 0 Å². The number of hydrogen-bond donors (Lipinski definition) is 1. The Morgan fingerprint density at radius 1 is 0.919 bits per heavy atom. The van der Waals surface area contributed by atoms with Gasteiger partial charge in [-0.1, -0.05) is 66.2 Å². The lowest BCUT2D eigenvalue weighted by Crippen LogP contribution is -2.13. The van der Waals surface area contributed by atoms with Crippen LogP contribution in [0.5, 0.6) is 11.5 Å². The van der Waals surface area contributed by atoms with E-state index < -0.39 is 5.91 Å². The van der Waals surface area contributed by atoms with E-state index in [0.29, 0.717) is 41.0 Å². The van der Waals surface area contributed by atoms with Crippen molar-refractivity contribution in [1.82, 2.24) is 0 Å². The number of nitriles is 1. The molecular formula is C30H22BrClN2O3. The molecule has 4 aromatic carbocycles. The fraction of sp³-hybridized carbons (Fsp3) is 0.0667. The number of hydrogen-bond acceptors (Lipinski definition) is 4. The number of carbonyl (C=O) groups excluding carboxylic acids is 1. The molecule has 0 spiro atoms. The van der Waals surface area contributed by atoms with Gasteiger partial charge in [0.1, 0.15) is 36.4 Å². The molecule has 0 aliphatic heterocycles. The number of amides is 1. The number of carbonyl (C=O) groups is 1. The molecule has 0 unspecified atom stereocenters. The van der Waals surface area contributed by atoms with E-state index in [1.165, 1.54) is 6.08 Å².